The molecule has 19 heavy (non-hydrogen) atoms. The van der Waals surface area contributed by atoms with E-state index in [1.165, 1.54) is 19.2 Å². The standard InChI is InChI=1S/C14H15NO4/c1-18-13(16)11-7-8-12(19-11)14(17,9-15)10-5-3-2-4-6-10/h2-8,17H,9,15H2,1H3. The van der Waals surface area contributed by atoms with Crippen molar-refractivity contribution in [2.45, 2.75) is 5.60 Å². The Morgan fingerprint density at radius 1 is 1.32 bits per heavy atom. The van der Waals surface area contributed by atoms with Crippen molar-refractivity contribution in [3.05, 3.63) is 59.5 Å². The molecule has 2 rings (SSSR count). The van der Waals surface area contributed by atoms with Crippen LogP contribution >= 0.6 is 0 Å². The van der Waals surface area contributed by atoms with Crippen molar-refractivity contribution >= 4 is 5.97 Å². The molecule has 0 radical (unpaired) electrons. The van der Waals surface area contributed by atoms with Gasteiger partial charge in [-0.2, -0.15) is 0 Å². The van der Waals surface area contributed by atoms with Gasteiger partial charge in [-0.25, -0.2) is 4.79 Å². The molecule has 1 unspecified atom stereocenters. The van der Waals surface area contributed by atoms with Gasteiger partial charge in [-0.15, -0.1) is 0 Å². The first-order valence-corrected chi connectivity index (χ1v) is 5.78. The Hall–Kier alpha value is -2.11. The van der Waals surface area contributed by atoms with E-state index in [-0.39, 0.29) is 18.1 Å². The molecule has 1 heterocycles. The van der Waals surface area contributed by atoms with Crippen LogP contribution in [0.25, 0.3) is 0 Å². The van der Waals surface area contributed by atoms with Crippen molar-refractivity contribution in [2.75, 3.05) is 13.7 Å². The summed E-state index contributed by atoms with van der Waals surface area (Å²) in [5, 5.41) is 10.7. The Morgan fingerprint density at radius 2 is 2.00 bits per heavy atom. The Kier molecular flexibility index (Phi) is 3.69. The lowest BCUT2D eigenvalue weighted by Crippen LogP contribution is -2.35. The average molecular weight is 261 g/mol. The van der Waals surface area contributed by atoms with Gasteiger partial charge in [0, 0.05) is 6.54 Å². The first-order valence-electron chi connectivity index (χ1n) is 5.78. The highest BCUT2D eigenvalue weighted by Crippen LogP contribution is 2.30. The van der Waals surface area contributed by atoms with Crippen LogP contribution < -0.4 is 5.73 Å². The minimum atomic E-state index is -1.46. The van der Waals surface area contributed by atoms with Gasteiger partial charge >= 0.3 is 5.97 Å². The summed E-state index contributed by atoms with van der Waals surface area (Å²) in [5.41, 5.74) is 4.80. The van der Waals surface area contributed by atoms with E-state index in [1.54, 1.807) is 24.3 Å². The predicted octanol–water partition coefficient (Wildman–Crippen LogP) is 1.26. The molecule has 0 fully saturated rings. The van der Waals surface area contributed by atoms with E-state index in [0.29, 0.717) is 5.56 Å². The van der Waals surface area contributed by atoms with Crippen LogP contribution in [-0.2, 0) is 10.3 Å². The molecule has 0 saturated heterocycles. The number of esters is 1. The van der Waals surface area contributed by atoms with Crippen LogP contribution in [-0.4, -0.2) is 24.7 Å². The highest BCUT2D eigenvalue weighted by molar-refractivity contribution is 5.86. The number of hydrogen-bond acceptors (Lipinski definition) is 5. The molecule has 0 aliphatic carbocycles. The summed E-state index contributed by atoms with van der Waals surface area (Å²) in [6.07, 6.45) is 0. The monoisotopic (exact) mass is 261 g/mol. The molecule has 0 aliphatic heterocycles. The second-order valence-corrected chi connectivity index (χ2v) is 4.09. The van der Waals surface area contributed by atoms with E-state index >= 15 is 0 Å². The van der Waals surface area contributed by atoms with E-state index in [4.69, 9.17) is 10.2 Å². The molecule has 0 saturated carbocycles. The Balaban J connectivity index is 2.42. The number of nitrogens with two attached hydrogens (primary N) is 1. The van der Waals surface area contributed by atoms with Gasteiger partial charge in [0.25, 0.3) is 0 Å². The molecule has 0 spiro atoms. The van der Waals surface area contributed by atoms with Crippen molar-refractivity contribution in [1.29, 1.82) is 0 Å². The highest BCUT2D eigenvalue weighted by Gasteiger charge is 2.34. The van der Waals surface area contributed by atoms with Crippen molar-refractivity contribution in [1.82, 2.24) is 0 Å². The Morgan fingerprint density at radius 3 is 2.58 bits per heavy atom. The van der Waals surface area contributed by atoms with Gasteiger partial charge in [-0.1, -0.05) is 30.3 Å². The molecule has 5 nitrogen and oxygen atoms in total. The predicted molar refractivity (Wildman–Crippen MR) is 68.5 cm³/mol. The van der Waals surface area contributed by atoms with Crippen molar-refractivity contribution in [3.8, 4) is 0 Å². The molecule has 2 aromatic rings. The van der Waals surface area contributed by atoms with Crippen LogP contribution in [0.5, 0.6) is 0 Å². The third-order valence-corrected chi connectivity index (χ3v) is 2.95. The van der Waals surface area contributed by atoms with Gasteiger partial charge in [0.2, 0.25) is 5.76 Å². The molecule has 5 heteroatoms. The third kappa shape index (κ3) is 2.38. The number of methoxy groups -OCH3 is 1. The summed E-state index contributed by atoms with van der Waals surface area (Å²) < 4.78 is 9.90. The summed E-state index contributed by atoms with van der Waals surface area (Å²) >= 11 is 0. The first-order chi connectivity index (χ1) is 9.11. The van der Waals surface area contributed by atoms with Gasteiger partial charge in [-0.05, 0) is 17.7 Å². The Labute approximate surface area is 110 Å². The second-order valence-electron chi connectivity index (χ2n) is 4.09. The zero-order valence-corrected chi connectivity index (χ0v) is 10.5. The summed E-state index contributed by atoms with van der Waals surface area (Å²) in [6, 6.07) is 11.9. The minimum Gasteiger partial charge on any atom is -0.463 e. The number of aliphatic hydroxyl groups is 1. The largest absolute Gasteiger partial charge is 0.463 e. The van der Waals surface area contributed by atoms with Crippen LogP contribution in [0.4, 0.5) is 0 Å². The van der Waals surface area contributed by atoms with Crippen molar-refractivity contribution in [3.63, 3.8) is 0 Å². The lowest BCUT2D eigenvalue weighted by atomic mass is 9.91. The lowest BCUT2D eigenvalue weighted by Gasteiger charge is -2.24. The summed E-state index contributed by atoms with van der Waals surface area (Å²) in [6.45, 7) is -0.0643. The molecule has 1 aromatic heterocycles. The van der Waals surface area contributed by atoms with Crippen LogP contribution in [0.15, 0.2) is 46.9 Å². The zero-order valence-electron chi connectivity index (χ0n) is 10.5. The minimum absolute atomic E-state index is 0.0281. The quantitative estimate of drug-likeness (QED) is 0.809. The maximum Gasteiger partial charge on any atom is 0.373 e. The molecule has 3 N–H and O–H groups in total. The fourth-order valence-corrected chi connectivity index (χ4v) is 1.85. The highest BCUT2D eigenvalue weighted by atomic mass is 16.5. The lowest BCUT2D eigenvalue weighted by molar-refractivity contribution is 0.0499. The molecular formula is C14H15NO4. The van der Waals surface area contributed by atoms with E-state index in [2.05, 4.69) is 4.74 Å². The maximum atomic E-state index is 11.3. The summed E-state index contributed by atoms with van der Waals surface area (Å²) in [4.78, 5) is 11.3. The van der Waals surface area contributed by atoms with Crippen LogP contribution in [0.2, 0.25) is 0 Å². The Bertz CT molecular complexity index is 564. The molecule has 0 amide bonds. The number of benzene rings is 1. The maximum absolute atomic E-state index is 11.3. The number of hydrogen-bond donors (Lipinski definition) is 2. The number of ether oxygens (including phenoxy) is 1. The third-order valence-electron chi connectivity index (χ3n) is 2.95. The van der Waals surface area contributed by atoms with Crippen LogP contribution in [0.3, 0.4) is 0 Å². The van der Waals surface area contributed by atoms with E-state index < -0.39 is 11.6 Å². The van der Waals surface area contributed by atoms with Crippen molar-refractivity contribution < 1.29 is 19.1 Å². The fraction of sp³-hybridized carbons (Fsp3) is 0.214. The smallest absolute Gasteiger partial charge is 0.373 e. The van der Waals surface area contributed by atoms with E-state index in [0.717, 1.165) is 0 Å². The van der Waals surface area contributed by atoms with E-state index in [9.17, 15) is 9.90 Å². The number of carbonyl (C=O) groups excluding carboxylic acids is 1. The number of rotatable bonds is 4. The van der Waals surface area contributed by atoms with Crippen LogP contribution in [0, 0.1) is 0 Å². The first kappa shape index (κ1) is 13.3. The molecule has 1 aromatic carbocycles. The van der Waals surface area contributed by atoms with Crippen molar-refractivity contribution in [2.24, 2.45) is 5.73 Å². The molecular weight excluding hydrogens is 246 g/mol. The molecule has 1 atom stereocenters. The second kappa shape index (κ2) is 5.26. The molecule has 100 valence electrons. The fourth-order valence-electron chi connectivity index (χ4n) is 1.85. The summed E-state index contributed by atoms with van der Waals surface area (Å²) in [5.74, 6) is -0.361. The van der Waals surface area contributed by atoms with Gasteiger partial charge in [0.1, 0.15) is 5.76 Å². The van der Waals surface area contributed by atoms with E-state index in [1.807, 2.05) is 6.07 Å². The number of carbonyl (C=O) groups is 1. The van der Waals surface area contributed by atoms with Gasteiger partial charge < -0.3 is 20.0 Å². The van der Waals surface area contributed by atoms with Gasteiger partial charge in [-0.3, -0.25) is 0 Å². The normalized spacial score (nSPS) is 13.8. The summed E-state index contributed by atoms with van der Waals surface area (Å²) in [7, 11) is 1.26. The number of furan rings is 1. The van der Waals surface area contributed by atoms with Gasteiger partial charge in [0.05, 0.1) is 7.11 Å². The molecule has 0 bridgehead atoms. The zero-order chi connectivity index (χ0) is 13.9. The van der Waals surface area contributed by atoms with Crippen LogP contribution in [0.1, 0.15) is 21.9 Å². The topological polar surface area (TPSA) is 85.7 Å². The SMILES string of the molecule is COC(=O)c1ccc(C(O)(CN)c2ccccc2)o1. The van der Waals surface area contributed by atoms with Gasteiger partial charge in [0.15, 0.2) is 5.60 Å². The average Bonchev–Trinajstić information content (AvgIpc) is 2.97. The molecule has 0 aliphatic rings.